The number of rotatable bonds is 1. The fourth-order valence-corrected chi connectivity index (χ4v) is 4.92. The Morgan fingerprint density at radius 3 is 1.64 bits per heavy atom. The molecule has 28 heavy (non-hydrogen) atoms. The molecule has 0 aromatic heterocycles. The quantitative estimate of drug-likeness (QED) is 0.248. The van der Waals surface area contributed by atoms with Crippen molar-refractivity contribution in [1.29, 1.82) is 0 Å². The van der Waals surface area contributed by atoms with Gasteiger partial charge in [0.05, 0.1) is 9.92 Å². The van der Waals surface area contributed by atoms with Gasteiger partial charge < -0.3 is 4.55 Å². The molecule has 0 saturated heterocycles. The first-order chi connectivity index (χ1) is 12.9. The number of hydrogen-bond donors (Lipinski definition) is 0. The van der Waals surface area contributed by atoms with Crippen molar-refractivity contribution in [2.45, 2.75) is 4.90 Å². The fourth-order valence-electron chi connectivity index (χ4n) is 3.72. The molecule has 3 nitrogen and oxygen atoms in total. The van der Waals surface area contributed by atoms with Gasteiger partial charge in [-0.3, -0.25) is 0 Å². The molecule has 132 valence electrons. The van der Waals surface area contributed by atoms with E-state index in [9.17, 15) is 13.0 Å². The molecular weight excluding hydrogens is 387 g/mol. The van der Waals surface area contributed by atoms with Crippen LogP contribution in [0.3, 0.4) is 0 Å². The summed E-state index contributed by atoms with van der Waals surface area (Å²) >= 11 is 6.02. The summed E-state index contributed by atoms with van der Waals surface area (Å²) < 4.78 is 35.2. The van der Waals surface area contributed by atoms with Gasteiger partial charge in [-0.15, -0.1) is 0 Å². The Morgan fingerprint density at radius 2 is 1.11 bits per heavy atom. The van der Waals surface area contributed by atoms with Crippen molar-refractivity contribution in [3.8, 4) is 0 Å². The molecule has 0 N–H and O–H groups in total. The molecule has 5 aromatic carbocycles. The van der Waals surface area contributed by atoms with Crippen LogP contribution in [0.2, 0.25) is 5.02 Å². The summed E-state index contributed by atoms with van der Waals surface area (Å²) in [5.41, 5.74) is 0. The first-order valence-electron chi connectivity index (χ1n) is 8.35. The summed E-state index contributed by atoms with van der Waals surface area (Å²) in [6, 6.07) is 23.3. The maximum absolute atomic E-state index is 11.7. The van der Waals surface area contributed by atoms with Crippen LogP contribution >= 0.6 is 11.6 Å². The molecule has 6 heteroatoms. The van der Waals surface area contributed by atoms with E-state index < -0.39 is 10.1 Å². The maximum Gasteiger partial charge on any atom is 1.00 e. The first kappa shape index (κ1) is 19.3. The van der Waals surface area contributed by atoms with Crippen LogP contribution in [0.1, 0.15) is 0 Å². The summed E-state index contributed by atoms with van der Waals surface area (Å²) in [7, 11) is -4.68. The third-order valence-corrected chi connectivity index (χ3v) is 6.32. The van der Waals surface area contributed by atoms with Crippen LogP contribution in [0, 0.1) is 0 Å². The van der Waals surface area contributed by atoms with E-state index in [1.54, 1.807) is 12.1 Å². The van der Waals surface area contributed by atoms with Gasteiger partial charge in [0.25, 0.3) is 0 Å². The third-order valence-electron chi connectivity index (χ3n) is 4.95. The monoisotopic (exact) mass is 398 g/mol. The van der Waals surface area contributed by atoms with Gasteiger partial charge in [0, 0.05) is 5.39 Å². The molecule has 0 aliphatic rings. The Bertz CT molecular complexity index is 1510. The summed E-state index contributed by atoms with van der Waals surface area (Å²) in [4.78, 5) is -0.359. The first-order valence-corrected chi connectivity index (χ1v) is 10.1. The van der Waals surface area contributed by atoms with Gasteiger partial charge >= 0.3 is 18.9 Å². The van der Waals surface area contributed by atoms with E-state index in [1.165, 1.54) is 6.07 Å². The van der Waals surface area contributed by atoms with Gasteiger partial charge in [0.15, 0.2) is 0 Å². The van der Waals surface area contributed by atoms with Crippen molar-refractivity contribution in [3.63, 3.8) is 0 Å². The molecule has 5 rings (SSSR count). The number of fused-ring (bicyclic) bond motifs is 4. The van der Waals surface area contributed by atoms with E-state index in [2.05, 4.69) is 30.3 Å². The zero-order chi connectivity index (χ0) is 18.8. The third kappa shape index (κ3) is 3.08. The summed E-state index contributed by atoms with van der Waals surface area (Å²) in [5.74, 6) is 0. The van der Waals surface area contributed by atoms with Gasteiger partial charge in [0.1, 0.15) is 10.1 Å². The minimum Gasteiger partial charge on any atom is -0.744 e. The number of benzene rings is 5. The molecule has 0 amide bonds. The van der Waals surface area contributed by atoms with E-state index >= 15 is 0 Å². The Labute approximate surface area is 178 Å². The van der Waals surface area contributed by atoms with Crippen LogP contribution in [0.5, 0.6) is 0 Å². The molecule has 5 aromatic rings. The standard InChI is InChI=1S/C22H13ClO3S.Li/c23-21-6-5-15-9-18-10-16-7-13-3-1-2-4-14(13)8-17(16)11-19(18)12-20(15)22(21)27(24,25)26;/h1-12H,(H,24,25,26);/q;+1/p-1. The molecule has 0 aliphatic heterocycles. The van der Waals surface area contributed by atoms with Crippen LogP contribution in [-0.2, 0) is 10.1 Å². The van der Waals surface area contributed by atoms with E-state index in [-0.39, 0.29) is 28.8 Å². The van der Waals surface area contributed by atoms with Crippen LogP contribution in [0.25, 0.3) is 43.1 Å². The Morgan fingerprint density at radius 1 is 0.643 bits per heavy atom. The SMILES string of the molecule is O=S(=O)([O-])c1c(Cl)ccc2cc3cc4cc5ccccc5cc4cc3cc12.[Li+]. The molecule has 0 fully saturated rings. The van der Waals surface area contributed by atoms with Crippen LogP contribution in [0.4, 0.5) is 0 Å². The molecular formula is C22H12ClLiO3S. The molecule has 0 saturated carbocycles. The van der Waals surface area contributed by atoms with Gasteiger partial charge in [-0.2, -0.15) is 0 Å². The summed E-state index contributed by atoms with van der Waals surface area (Å²) in [5, 5.41) is 7.25. The summed E-state index contributed by atoms with van der Waals surface area (Å²) in [6.45, 7) is 0. The van der Waals surface area contributed by atoms with E-state index in [0.717, 1.165) is 32.3 Å². The minimum absolute atomic E-state index is 0. The van der Waals surface area contributed by atoms with Crippen LogP contribution < -0.4 is 18.9 Å². The van der Waals surface area contributed by atoms with Gasteiger partial charge in [-0.1, -0.05) is 41.9 Å². The minimum atomic E-state index is -4.68. The topological polar surface area (TPSA) is 57.2 Å². The Hall–Kier alpha value is -2.06. The maximum atomic E-state index is 11.7. The number of hydrogen-bond acceptors (Lipinski definition) is 3. The van der Waals surface area contributed by atoms with Crippen molar-refractivity contribution in [2.75, 3.05) is 0 Å². The summed E-state index contributed by atoms with van der Waals surface area (Å²) in [6.07, 6.45) is 0. The molecule has 0 bridgehead atoms. The normalized spacial score (nSPS) is 11.9. The second-order valence-corrected chi connectivity index (χ2v) is 8.37. The largest absolute Gasteiger partial charge is 1.00 e. The van der Waals surface area contributed by atoms with Crippen LogP contribution in [0.15, 0.2) is 77.7 Å². The molecule has 0 radical (unpaired) electrons. The van der Waals surface area contributed by atoms with E-state index in [4.69, 9.17) is 11.6 Å². The molecule has 0 heterocycles. The average molecular weight is 399 g/mol. The smallest absolute Gasteiger partial charge is 0.744 e. The van der Waals surface area contributed by atoms with Crippen molar-refractivity contribution >= 4 is 64.8 Å². The molecule has 0 unspecified atom stereocenters. The van der Waals surface area contributed by atoms with Gasteiger partial charge in [0.2, 0.25) is 0 Å². The second-order valence-electron chi connectivity index (χ2n) is 6.65. The zero-order valence-corrected chi connectivity index (χ0v) is 16.5. The van der Waals surface area contributed by atoms with Crippen molar-refractivity contribution in [1.82, 2.24) is 0 Å². The van der Waals surface area contributed by atoms with Crippen molar-refractivity contribution in [3.05, 3.63) is 77.8 Å². The van der Waals surface area contributed by atoms with E-state index in [1.807, 2.05) is 24.3 Å². The zero-order valence-electron chi connectivity index (χ0n) is 14.9. The predicted molar refractivity (Wildman–Crippen MR) is 109 cm³/mol. The van der Waals surface area contributed by atoms with Crippen LogP contribution in [-0.4, -0.2) is 13.0 Å². The number of halogens is 1. The average Bonchev–Trinajstić information content (AvgIpc) is 2.62. The Balaban J connectivity index is 0.00000192. The molecule has 0 atom stereocenters. The van der Waals surface area contributed by atoms with Gasteiger partial charge in [-0.05, 0) is 80.2 Å². The molecule has 0 aliphatic carbocycles. The van der Waals surface area contributed by atoms with Crippen molar-refractivity contribution < 1.29 is 31.8 Å². The second kappa shape index (κ2) is 6.77. The van der Waals surface area contributed by atoms with E-state index in [0.29, 0.717) is 10.8 Å². The Kier molecular flexibility index (Phi) is 4.66. The fraction of sp³-hybridized carbons (Fsp3) is 0. The van der Waals surface area contributed by atoms with Gasteiger partial charge in [-0.25, -0.2) is 8.42 Å². The predicted octanol–water partition coefficient (Wildman–Crippen LogP) is 2.86. The van der Waals surface area contributed by atoms with Crippen molar-refractivity contribution in [2.24, 2.45) is 0 Å². The molecule has 0 spiro atoms.